The fourth-order valence-corrected chi connectivity index (χ4v) is 2.15. The van der Waals surface area contributed by atoms with Crippen LogP contribution in [0.25, 0.3) is 5.69 Å². The quantitative estimate of drug-likeness (QED) is 0.921. The Hall–Kier alpha value is -2.30. The lowest BCUT2D eigenvalue weighted by Crippen LogP contribution is -2.48. The van der Waals surface area contributed by atoms with E-state index in [1.54, 1.807) is 0 Å². The van der Waals surface area contributed by atoms with Crippen molar-refractivity contribution >= 4 is 6.03 Å². The number of carbonyl (C=O) groups is 1. The van der Waals surface area contributed by atoms with Crippen LogP contribution in [-0.4, -0.2) is 40.3 Å². The van der Waals surface area contributed by atoms with Gasteiger partial charge in [-0.25, -0.2) is 9.48 Å². The number of hydrogen-bond acceptors (Lipinski definition) is 2. The van der Waals surface area contributed by atoms with Gasteiger partial charge in [0.05, 0.1) is 11.4 Å². The summed E-state index contributed by atoms with van der Waals surface area (Å²) in [5.74, 6) is 0. The van der Waals surface area contributed by atoms with Crippen LogP contribution in [0.5, 0.6) is 0 Å². The van der Waals surface area contributed by atoms with Crippen LogP contribution in [0.3, 0.4) is 0 Å². The molecule has 20 heavy (non-hydrogen) atoms. The molecule has 0 unspecified atom stereocenters. The smallest absolute Gasteiger partial charge is 0.317 e. The summed E-state index contributed by atoms with van der Waals surface area (Å²) in [5, 5.41) is 7.43. The highest BCUT2D eigenvalue weighted by Crippen LogP contribution is 2.07. The van der Waals surface area contributed by atoms with Gasteiger partial charge in [0.2, 0.25) is 0 Å². The van der Waals surface area contributed by atoms with Gasteiger partial charge in [0.25, 0.3) is 0 Å². The molecule has 5 heteroatoms. The number of para-hydroxylation sites is 1. The first-order valence-corrected chi connectivity index (χ1v) is 6.96. The summed E-state index contributed by atoms with van der Waals surface area (Å²) >= 11 is 0. The summed E-state index contributed by atoms with van der Waals surface area (Å²) in [6, 6.07) is 12.0. The number of nitrogens with one attached hydrogen (secondary N) is 1. The van der Waals surface area contributed by atoms with Crippen LogP contribution in [0.15, 0.2) is 42.6 Å². The molecule has 0 atom stereocenters. The summed E-state index contributed by atoms with van der Waals surface area (Å²) in [5.41, 5.74) is 2.03. The van der Waals surface area contributed by atoms with Gasteiger partial charge in [-0.1, -0.05) is 18.2 Å². The number of carbonyl (C=O) groups excluding carboxylic acids is 1. The van der Waals surface area contributed by atoms with Crippen LogP contribution in [0.1, 0.15) is 12.1 Å². The van der Waals surface area contributed by atoms with Crippen LogP contribution < -0.4 is 5.32 Å². The number of aromatic nitrogens is 2. The van der Waals surface area contributed by atoms with E-state index in [2.05, 4.69) is 10.4 Å². The summed E-state index contributed by atoms with van der Waals surface area (Å²) < 4.78 is 1.85. The van der Waals surface area contributed by atoms with Crippen molar-refractivity contribution in [1.82, 2.24) is 20.0 Å². The van der Waals surface area contributed by atoms with Gasteiger partial charge in [-0.15, -0.1) is 0 Å². The largest absolute Gasteiger partial charge is 0.338 e. The number of benzene rings is 1. The van der Waals surface area contributed by atoms with Crippen molar-refractivity contribution in [2.45, 2.75) is 12.8 Å². The first-order chi connectivity index (χ1) is 9.83. The minimum absolute atomic E-state index is 0.0405. The monoisotopic (exact) mass is 270 g/mol. The summed E-state index contributed by atoms with van der Waals surface area (Å²) in [7, 11) is 0. The van der Waals surface area contributed by atoms with E-state index >= 15 is 0 Å². The molecule has 1 N–H and O–H groups in total. The predicted molar refractivity (Wildman–Crippen MR) is 76.9 cm³/mol. The maximum Gasteiger partial charge on any atom is 0.317 e. The van der Waals surface area contributed by atoms with Crippen LogP contribution in [0, 0.1) is 0 Å². The van der Waals surface area contributed by atoms with Crippen LogP contribution in [0.2, 0.25) is 0 Å². The van der Waals surface area contributed by atoms with Gasteiger partial charge in [-0.05, 0) is 24.6 Å². The number of hydrogen-bond donors (Lipinski definition) is 1. The van der Waals surface area contributed by atoms with Gasteiger partial charge >= 0.3 is 6.03 Å². The number of likely N-dealkylation sites (tertiary alicyclic amines) is 1. The van der Waals surface area contributed by atoms with Gasteiger partial charge in [0.15, 0.2) is 0 Å². The molecule has 3 rings (SSSR count). The number of nitrogens with zero attached hydrogens (tertiary/aromatic N) is 3. The molecule has 5 nitrogen and oxygen atoms in total. The van der Waals surface area contributed by atoms with Gasteiger partial charge in [-0.3, -0.25) is 0 Å². The highest BCUT2D eigenvalue weighted by atomic mass is 16.2. The van der Waals surface area contributed by atoms with Crippen molar-refractivity contribution < 1.29 is 4.79 Å². The Bertz CT molecular complexity index is 575. The molecule has 0 saturated carbocycles. The highest BCUT2D eigenvalue weighted by molar-refractivity contribution is 5.74. The van der Waals surface area contributed by atoms with Gasteiger partial charge in [0.1, 0.15) is 0 Å². The van der Waals surface area contributed by atoms with Crippen molar-refractivity contribution in [2.75, 3.05) is 19.6 Å². The van der Waals surface area contributed by atoms with Crippen LogP contribution in [-0.2, 0) is 6.42 Å². The molecule has 1 saturated heterocycles. The van der Waals surface area contributed by atoms with Crippen molar-refractivity contribution in [1.29, 1.82) is 0 Å². The normalized spacial score (nSPS) is 13.9. The van der Waals surface area contributed by atoms with Gasteiger partial charge in [-0.2, -0.15) is 5.10 Å². The zero-order chi connectivity index (χ0) is 13.8. The summed E-state index contributed by atoms with van der Waals surface area (Å²) in [4.78, 5) is 13.5. The number of rotatable bonds is 4. The summed E-state index contributed by atoms with van der Waals surface area (Å²) in [6.45, 7) is 2.39. The first kappa shape index (κ1) is 12.7. The van der Waals surface area contributed by atoms with Crippen LogP contribution in [0.4, 0.5) is 4.79 Å². The molecule has 2 heterocycles. The topological polar surface area (TPSA) is 50.2 Å². The third-order valence-corrected chi connectivity index (χ3v) is 3.47. The molecule has 0 radical (unpaired) electrons. The molecular formula is C15H18N4O. The van der Waals surface area contributed by atoms with Crippen molar-refractivity contribution in [2.24, 2.45) is 0 Å². The minimum Gasteiger partial charge on any atom is -0.338 e. The maximum atomic E-state index is 11.6. The number of amides is 2. The fraction of sp³-hybridized carbons (Fsp3) is 0.333. The molecule has 0 bridgehead atoms. The van der Waals surface area contributed by atoms with E-state index in [9.17, 15) is 4.79 Å². The van der Waals surface area contributed by atoms with Crippen molar-refractivity contribution in [3.8, 4) is 5.69 Å². The van der Waals surface area contributed by atoms with E-state index in [4.69, 9.17) is 0 Å². The predicted octanol–water partition coefficient (Wildman–Crippen LogP) is 1.83. The zero-order valence-corrected chi connectivity index (χ0v) is 11.3. The Kier molecular flexibility index (Phi) is 3.67. The third kappa shape index (κ3) is 2.82. The standard InChI is InChI=1S/C15H18N4O/c20-15(18-10-4-11-18)16-9-7-13-8-12-19(17-13)14-5-2-1-3-6-14/h1-3,5-6,8,12H,4,7,9-11H2,(H,16,20). The summed E-state index contributed by atoms with van der Waals surface area (Å²) in [6.07, 6.45) is 3.82. The molecule has 2 aromatic rings. The maximum absolute atomic E-state index is 11.6. The Morgan fingerprint density at radius 3 is 2.70 bits per heavy atom. The number of urea groups is 1. The van der Waals surface area contributed by atoms with E-state index in [-0.39, 0.29) is 6.03 Å². The second kappa shape index (κ2) is 5.77. The molecule has 1 aliphatic heterocycles. The van der Waals surface area contributed by atoms with E-state index in [1.807, 2.05) is 52.2 Å². The minimum atomic E-state index is 0.0405. The lowest BCUT2D eigenvalue weighted by molar-refractivity contribution is 0.168. The molecule has 104 valence electrons. The Morgan fingerprint density at radius 1 is 1.20 bits per heavy atom. The molecule has 1 aromatic carbocycles. The van der Waals surface area contributed by atoms with Gasteiger partial charge in [0, 0.05) is 32.3 Å². The molecule has 0 spiro atoms. The second-order valence-electron chi connectivity index (χ2n) is 4.91. The molecule has 1 aliphatic rings. The van der Waals surface area contributed by atoms with E-state index in [1.165, 1.54) is 0 Å². The Labute approximate surface area is 118 Å². The van der Waals surface area contributed by atoms with Crippen molar-refractivity contribution in [3.05, 3.63) is 48.3 Å². The lowest BCUT2D eigenvalue weighted by Gasteiger charge is -2.30. The Morgan fingerprint density at radius 2 is 2.00 bits per heavy atom. The average Bonchev–Trinajstić information content (AvgIpc) is 2.86. The Balaban J connectivity index is 1.51. The molecule has 1 aromatic heterocycles. The average molecular weight is 270 g/mol. The van der Waals surface area contributed by atoms with Crippen LogP contribution >= 0.6 is 0 Å². The highest BCUT2D eigenvalue weighted by Gasteiger charge is 2.19. The molecule has 1 fully saturated rings. The first-order valence-electron chi connectivity index (χ1n) is 6.96. The third-order valence-electron chi connectivity index (χ3n) is 3.47. The zero-order valence-electron chi connectivity index (χ0n) is 11.3. The molecule has 2 amide bonds. The molecular weight excluding hydrogens is 252 g/mol. The SMILES string of the molecule is O=C(NCCc1ccn(-c2ccccc2)n1)N1CCC1. The molecule has 0 aliphatic carbocycles. The lowest BCUT2D eigenvalue weighted by atomic mass is 10.2. The van der Waals surface area contributed by atoms with E-state index in [0.717, 1.165) is 37.3 Å². The fourth-order valence-electron chi connectivity index (χ4n) is 2.15. The second-order valence-corrected chi connectivity index (χ2v) is 4.91. The van der Waals surface area contributed by atoms with E-state index in [0.29, 0.717) is 6.54 Å². The van der Waals surface area contributed by atoms with Gasteiger partial charge < -0.3 is 10.2 Å². The van der Waals surface area contributed by atoms with Crippen molar-refractivity contribution in [3.63, 3.8) is 0 Å². The van der Waals surface area contributed by atoms with E-state index < -0.39 is 0 Å².